The molecule has 2 aromatic carbocycles. The molecule has 4 nitrogen and oxygen atoms in total. The molecule has 0 aliphatic heterocycles. The Kier molecular flexibility index (Phi) is 9.68. The van der Waals surface area contributed by atoms with E-state index < -0.39 is 7.60 Å². The zero-order valence-corrected chi connectivity index (χ0v) is 20.1. The molecule has 0 bridgehead atoms. The van der Waals surface area contributed by atoms with E-state index in [9.17, 15) is 4.57 Å². The van der Waals surface area contributed by atoms with Crippen molar-refractivity contribution in [1.82, 2.24) is 5.32 Å². The molecular weight excluding hydrogens is 425 g/mol. The second kappa shape index (κ2) is 12.2. The molecule has 3 N–H and O–H groups in total. The van der Waals surface area contributed by atoms with Crippen LogP contribution in [0, 0.1) is 0 Å². The molecule has 0 saturated heterocycles. The van der Waals surface area contributed by atoms with Crippen LogP contribution in [0.3, 0.4) is 0 Å². The van der Waals surface area contributed by atoms with Gasteiger partial charge in [0.2, 0.25) is 0 Å². The maximum Gasteiger partial charge on any atom is 0.325 e. The molecule has 3 rings (SSSR count). The van der Waals surface area contributed by atoms with Crippen molar-refractivity contribution in [2.75, 3.05) is 18.5 Å². The smallest absolute Gasteiger partial charge is 0.324 e. The fraction of sp³-hybridized carbons (Fsp3) is 0.520. The summed E-state index contributed by atoms with van der Waals surface area (Å²) in [6.07, 6.45) is 9.72. The molecule has 31 heavy (non-hydrogen) atoms. The maximum absolute atomic E-state index is 10.8. The van der Waals surface area contributed by atoms with Gasteiger partial charge in [0.05, 0.1) is 6.16 Å². The first kappa shape index (κ1) is 24.5. The van der Waals surface area contributed by atoms with Crippen molar-refractivity contribution in [3.05, 3.63) is 65.7 Å². The van der Waals surface area contributed by atoms with Gasteiger partial charge in [0.15, 0.2) is 0 Å². The molecule has 2 aromatic rings. The first-order valence-corrected chi connectivity index (χ1v) is 14.3. The molecule has 170 valence electrons. The fourth-order valence-electron chi connectivity index (χ4n) is 4.63. The maximum atomic E-state index is 10.8. The fourth-order valence-corrected chi connectivity index (χ4v) is 6.11. The summed E-state index contributed by atoms with van der Waals surface area (Å²) in [5.41, 5.74) is 3.17. The second-order valence-electron chi connectivity index (χ2n) is 8.72. The Hall–Kier alpha value is -1.10. The summed E-state index contributed by atoms with van der Waals surface area (Å²) in [5.74, 6) is 1.16. The highest BCUT2D eigenvalue weighted by Gasteiger charge is 2.34. The van der Waals surface area contributed by atoms with Crippen LogP contribution in [0.15, 0.2) is 59.5 Å². The Labute approximate surface area is 191 Å². The summed E-state index contributed by atoms with van der Waals surface area (Å²) in [7, 11) is -3.87. The monoisotopic (exact) mass is 461 g/mol. The van der Waals surface area contributed by atoms with Gasteiger partial charge in [-0.1, -0.05) is 61.7 Å². The lowest BCUT2D eigenvalue weighted by atomic mass is 9.75. The SMILES string of the molecule is O=P(O)(O)CCCNCc1ccc(SCCCCC2(c3ccccc3)CCCC2)cc1. The van der Waals surface area contributed by atoms with Crippen LogP contribution in [0.2, 0.25) is 0 Å². The Bertz CT molecular complexity index is 816. The van der Waals surface area contributed by atoms with E-state index in [4.69, 9.17) is 9.79 Å². The van der Waals surface area contributed by atoms with E-state index in [1.807, 2.05) is 11.8 Å². The van der Waals surface area contributed by atoms with Gasteiger partial charge in [0, 0.05) is 11.4 Å². The molecule has 1 fully saturated rings. The lowest BCUT2D eigenvalue weighted by molar-refractivity contribution is 0.371. The molecular formula is C25H36NO3PS. The minimum absolute atomic E-state index is 0.0535. The third-order valence-corrected chi connectivity index (χ3v) is 8.32. The first-order valence-electron chi connectivity index (χ1n) is 11.5. The molecule has 0 amide bonds. The van der Waals surface area contributed by atoms with Crippen LogP contribution in [-0.2, 0) is 16.5 Å². The van der Waals surface area contributed by atoms with Gasteiger partial charge >= 0.3 is 7.60 Å². The molecule has 0 spiro atoms. The third kappa shape index (κ3) is 8.40. The first-order chi connectivity index (χ1) is 15.0. The summed E-state index contributed by atoms with van der Waals surface area (Å²) in [6, 6.07) is 19.8. The lowest BCUT2D eigenvalue weighted by Crippen LogP contribution is -2.21. The van der Waals surface area contributed by atoms with Gasteiger partial charge in [-0.05, 0) is 73.1 Å². The van der Waals surface area contributed by atoms with Gasteiger partial charge in [0.25, 0.3) is 0 Å². The predicted octanol–water partition coefficient (Wildman–Crippen LogP) is 6.12. The second-order valence-corrected chi connectivity index (χ2v) is 11.7. The molecule has 0 atom stereocenters. The van der Waals surface area contributed by atoms with Gasteiger partial charge in [-0.15, -0.1) is 11.8 Å². The molecule has 1 aliphatic rings. The molecule has 1 aliphatic carbocycles. The summed E-state index contributed by atoms with van der Waals surface area (Å²) in [4.78, 5) is 19.0. The van der Waals surface area contributed by atoms with Crippen molar-refractivity contribution >= 4 is 19.4 Å². The van der Waals surface area contributed by atoms with Crippen LogP contribution in [0.5, 0.6) is 0 Å². The van der Waals surface area contributed by atoms with Gasteiger partial charge in [-0.25, -0.2) is 0 Å². The molecule has 0 unspecified atom stereocenters. The van der Waals surface area contributed by atoms with E-state index in [2.05, 4.69) is 59.9 Å². The van der Waals surface area contributed by atoms with E-state index in [1.165, 1.54) is 55.4 Å². The largest absolute Gasteiger partial charge is 0.325 e. The Morgan fingerprint density at radius 1 is 0.935 bits per heavy atom. The van der Waals surface area contributed by atoms with E-state index in [0.29, 0.717) is 18.4 Å². The average Bonchev–Trinajstić information content (AvgIpc) is 3.24. The van der Waals surface area contributed by atoms with Crippen molar-refractivity contribution < 1.29 is 14.4 Å². The quantitative estimate of drug-likeness (QED) is 0.190. The third-order valence-electron chi connectivity index (χ3n) is 6.32. The number of benzene rings is 2. The van der Waals surface area contributed by atoms with Crippen LogP contribution in [0.4, 0.5) is 0 Å². The van der Waals surface area contributed by atoms with Crippen LogP contribution < -0.4 is 5.32 Å². The van der Waals surface area contributed by atoms with Crippen molar-refractivity contribution in [2.24, 2.45) is 0 Å². The molecule has 1 saturated carbocycles. The highest BCUT2D eigenvalue weighted by Crippen LogP contribution is 2.44. The Morgan fingerprint density at radius 3 is 2.32 bits per heavy atom. The molecule has 0 radical (unpaired) electrons. The Balaban J connectivity index is 1.33. The zero-order valence-electron chi connectivity index (χ0n) is 18.3. The molecule has 0 heterocycles. The minimum Gasteiger partial charge on any atom is -0.324 e. The molecule has 0 aromatic heterocycles. The zero-order chi connectivity index (χ0) is 22.0. The minimum atomic E-state index is -3.87. The van der Waals surface area contributed by atoms with Gasteiger partial charge in [-0.3, -0.25) is 4.57 Å². The van der Waals surface area contributed by atoms with Gasteiger partial charge in [-0.2, -0.15) is 0 Å². The van der Waals surface area contributed by atoms with Crippen LogP contribution in [-0.4, -0.2) is 28.2 Å². The number of unbranched alkanes of at least 4 members (excludes halogenated alkanes) is 1. The van der Waals surface area contributed by atoms with Crippen molar-refractivity contribution in [2.45, 2.75) is 68.2 Å². The standard InChI is InChI=1S/C25H36NO3PS/c27-30(28,29)19-8-18-26-21-22-11-13-24(14-12-22)31-20-7-6-17-25(15-4-5-16-25)23-9-2-1-3-10-23/h1-3,9-14,26H,4-8,15-21H2,(H2,27,28,29). The van der Waals surface area contributed by atoms with E-state index in [1.54, 1.807) is 5.56 Å². The van der Waals surface area contributed by atoms with Crippen molar-refractivity contribution in [3.8, 4) is 0 Å². The van der Waals surface area contributed by atoms with E-state index in [0.717, 1.165) is 12.3 Å². The summed E-state index contributed by atoms with van der Waals surface area (Å²) in [5, 5.41) is 3.25. The van der Waals surface area contributed by atoms with Crippen molar-refractivity contribution in [3.63, 3.8) is 0 Å². The average molecular weight is 462 g/mol. The number of hydrogen-bond acceptors (Lipinski definition) is 3. The summed E-state index contributed by atoms with van der Waals surface area (Å²) < 4.78 is 10.8. The summed E-state index contributed by atoms with van der Waals surface area (Å²) >= 11 is 1.93. The number of rotatable bonds is 13. The summed E-state index contributed by atoms with van der Waals surface area (Å²) in [6.45, 7) is 1.35. The van der Waals surface area contributed by atoms with Crippen LogP contribution in [0.1, 0.15) is 62.5 Å². The van der Waals surface area contributed by atoms with Gasteiger partial charge in [0.1, 0.15) is 0 Å². The Morgan fingerprint density at radius 2 is 1.65 bits per heavy atom. The van der Waals surface area contributed by atoms with Gasteiger partial charge < -0.3 is 15.1 Å². The topological polar surface area (TPSA) is 69.6 Å². The number of hydrogen-bond donors (Lipinski definition) is 3. The molecule has 6 heteroatoms. The van der Waals surface area contributed by atoms with Crippen LogP contribution in [0.25, 0.3) is 0 Å². The van der Waals surface area contributed by atoms with Crippen LogP contribution >= 0.6 is 19.4 Å². The number of thioether (sulfide) groups is 1. The van der Waals surface area contributed by atoms with E-state index >= 15 is 0 Å². The predicted molar refractivity (Wildman–Crippen MR) is 131 cm³/mol. The highest BCUT2D eigenvalue weighted by molar-refractivity contribution is 7.99. The lowest BCUT2D eigenvalue weighted by Gasteiger charge is -2.30. The van der Waals surface area contributed by atoms with Crippen molar-refractivity contribution in [1.29, 1.82) is 0 Å². The highest BCUT2D eigenvalue weighted by atomic mass is 32.2. The number of nitrogens with one attached hydrogen (secondary N) is 1. The normalized spacial score (nSPS) is 15.9. The van der Waals surface area contributed by atoms with E-state index in [-0.39, 0.29) is 6.16 Å².